The Balaban J connectivity index is 1.92. The molecule has 1 aromatic rings. The van der Waals surface area contributed by atoms with Crippen molar-refractivity contribution in [1.82, 2.24) is 5.32 Å². The number of hydrogen-bond donors (Lipinski definition) is 2. The van der Waals surface area contributed by atoms with Crippen LogP contribution < -0.4 is 10.6 Å². The van der Waals surface area contributed by atoms with Crippen LogP contribution in [0.15, 0.2) is 24.3 Å². The lowest BCUT2D eigenvalue weighted by atomic mass is 9.82. The fourth-order valence-electron chi connectivity index (χ4n) is 3.17. The molecule has 1 amide bonds. The van der Waals surface area contributed by atoms with Crippen LogP contribution in [0.25, 0.3) is 0 Å². The van der Waals surface area contributed by atoms with Gasteiger partial charge in [-0.25, -0.2) is 0 Å². The summed E-state index contributed by atoms with van der Waals surface area (Å²) in [5, 5.41) is 6.49. The Bertz CT molecular complexity index is 447. The summed E-state index contributed by atoms with van der Waals surface area (Å²) in [6, 6.07) is 8.20. The highest BCUT2D eigenvalue weighted by molar-refractivity contribution is 5.95. The molecule has 0 spiro atoms. The van der Waals surface area contributed by atoms with Gasteiger partial charge in [0.15, 0.2) is 0 Å². The molecule has 1 aliphatic rings. The molecule has 21 heavy (non-hydrogen) atoms. The molecule has 3 nitrogen and oxygen atoms in total. The third-order valence-corrected chi connectivity index (χ3v) is 4.69. The summed E-state index contributed by atoms with van der Waals surface area (Å²) in [5.74, 6) is 0.208. The monoisotopic (exact) mass is 288 g/mol. The standard InChI is InChI=1S/C18H28N2O/c1-3-13-19-14-15-7-9-16(10-8-15)20-17(21)18(4-2)11-5-6-12-18/h7-10,19H,3-6,11-14H2,1-2H3,(H,20,21). The number of carbonyl (C=O) groups excluding carboxylic acids is 1. The van der Waals surface area contributed by atoms with E-state index >= 15 is 0 Å². The van der Waals surface area contributed by atoms with E-state index in [0.717, 1.165) is 44.5 Å². The predicted octanol–water partition coefficient (Wildman–Crippen LogP) is 4.10. The first kappa shape index (κ1) is 16.0. The van der Waals surface area contributed by atoms with E-state index in [1.54, 1.807) is 0 Å². The Hall–Kier alpha value is -1.35. The van der Waals surface area contributed by atoms with E-state index in [-0.39, 0.29) is 11.3 Å². The Morgan fingerprint density at radius 3 is 2.38 bits per heavy atom. The maximum absolute atomic E-state index is 12.5. The summed E-state index contributed by atoms with van der Waals surface area (Å²) in [5.41, 5.74) is 2.05. The van der Waals surface area contributed by atoms with E-state index in [4.69, 9.17) is 0 Å². The number of anilines is 1. The van der Waals surface area contributed by atoms with Crippen LogP contribution in [0.2, 0.25) is 0 Å². The van der Waals surface area contributed by atoms with Crippen LogP contribution in [-0.2, 0) is 11.3 Å². The third kappa shape index (κ3) is 4.07. The molecule has 2 rings (SSSR count). The van der Waals surface area contributed by atoms with Crippen molar-refractivity contribution < 1.29 is 4.79 Å². The van der Waals surface area contributed by atoms with Gasteiger partial charge in [-0.2, -0.15) is 0 Å². The van der Waals surface area contributed by atoms with Crippen LogP contribution in [0.3, 0.4) is 0 Å². The number of carbonyl (C=O) groups is 1. The van der Waals surface area contributed by atoms with E-state index in [0.29, 0.717) is 0 Å². The maximum atomic E-state index is 12.5. The van der Waals surface area contributed by atoms with Crippen LogP contribution in [0, 0.1) is 5.41 Å². The quantitative estimate of drug-likeness (QED) is 0.742. The second-order valence-electron chi connectivity index (χ2n) is 6.17. The van der Waals surface area contributed by atoms with Crippen molar-refractivity contribution in [3.05, 3.63) is 29.8 Å². The Morgan fingerprint density at radius 1 is 1.14 bits per heavy atom. The molecule has 0 atom stereocenters. The van der Waals surface area contributed by atoms with Crippen molar-refractivity contribution in [2.45, 2.75) is 58.9 Å². The minimum atomic E-state index is -0.124. The zero-order valence-electron chi connectivity index (χ0n) is 13.4. The maximum Gasteiger partial charge on any atom is 0.230 e. The number of hydrogen-bond acceptors (Lipinski definition) is 2. The van der Waals surface area contributed by atoms with Crippen molar-refractivity contribution >= 4 is 11.6 Å². The normalized spacial score (nSPS) is 16.9. The van der Waals surface area contributed by atoms with Crippen LogP contribution in [0.4, 0.5) is 5.69 Å². The molecule has 1 aromatic carbocycles. The Morgan fingerprint density at radius 2 is 1.81 bits per heavy atom. The molecule has 1 aliphatic carbocycles. The molecule has 0 aromatic heterocycles. The molecule has 1 saturated carbocycles. The summed E-state index contributed by atoms with van der Waals surface area (Å²) in [6.07, 6.45) is 6.53. The lowest BCUT2D eigenvalue weighted by Crippen LogP contribution is -2.33. The summed E-state index contributed by atoms with van der Waals surface area (Å²) in [4.78, 5) is 12.5. The molecule has 0 saturated heterocycles. The van der Waals surface area contributed by atoms with E-state index in [2.05, 4.69) is 36.6 Å². The summed E-state index contributed by atoms with van der Waals surface area (Å²) < 4.78 is 0. The van der Waals surface area contributed by atoms with Gasteiger partial charge >= 0.3 is 0 Å². The third-order valence-electron chi connectivity index (χ3n) is 4.69. The first-order valence-corrected chi connectivity index (χ1v) is 8.31. The van der Waals surface area contributed by atoms with Gasteiger partial charge in [0.25, 0.3) is 0 Å². The molecular weight excluding hydrogens is 260 g/mol. The average Bonchev–Trinajstić information content (AvgIpc) is 2.99. The summed E-state index contributed by atoms with van der Waals surface area (Å²) >= 11 is 0. The number of rotatable bonds is 7. The fraction of sp³-hybridized carbons (Fsp3) is 0.611. The fourth-order valence-corrected chi connectivity index (χ4v) is 3.17. The molecular formula is C18H28N2O. The minimum absolute atomic E-state index is 0.124. The zero-order chi connectivity index (χ0) is 15.1. The van der Waals surface area contributed by atoms with Gasteiger partial charge in [-0.3, -0.25) is 4.79 Å². The van der Waals surface area contributed by atoms with Crippen LogP contribution in [0.1, 0.15) is 57.9 Å². The smallest absolute Gasteiger partial charge is 0.230 e. The van der Waals surface area contributed by atoms with Crippen LogP contribution >= 0.6 is 0 Å². The van der Waals surface area contributed by atoms with Crippen LogP contribution in [0.5, 0.6) is 0 Å². The average molecular weight is 288 g/mol. The molecule has 1 fully saturated rings. The van der Waals surface area contributed by atoms with Crippen molar-refractivity contribution in [3.63, 3.8) is 0 Å². The van der Waals surface area contributed by atoms with Gasteiger partial charge in [-0.15, -0.1) is 0 Å². The number of benzene rings is 1. The lowest BCUT2D eigenvalue weighted by molar-refractivity contribution is -0.125. The van der Waals surface area contributed by atoms with E-state index < -0.39 is 0 Å². The van der Waals surface area contributed by atoms with Gasteiger partial charge in [0.2, 0.25) is 5.91 Å². The molecule has 2 N–H and O–H groups in total. The van der Waals surface area contributed by atoms with Gasteiger partial charge < -0.3 is 10.6 Å². The predicted molar refractivity (Wildman–Crippen MR) is 88.3 cm³/mol. The second-order valence-corrected chi connectivity index (χ2v) is 6.17. The van der Waals surface area contributed by atoms with Crippen molar-refractivity contribution in [2.75, 3.05) is 11.9 Å². The van der Waals surface area contributed by atoms with Crippen molar-refractivity contribution in [2.24, 2.45) is 5.41 Å². The van der Waals surface area contributed by atoms with Gasteiger partial charge in [-0.1, -0.05) is 38.8 Å². The van der Waals surface area contributed by atoms with Crippen molar-refractivity contribution in [3.8, 4) is 0 Å². The largest absolute Gasteiger partial charge is 0.326 e. The number of nitrogens with one attached hydrogen (secondary N) is 2. The van der Waals surface area contributed by atoms with Gasteiger partial charge in [0.05, 0.1) is 0 Å². The first-order valence-electron chi connectivity index (χ1n) is 8.31. The molecule has 0 radical (unpaired) electrons. The zero-order valence-corrected chi connectivity index (χ0v) is 13.4. The minimum Gasteiger partial charge on any atom is -0.326 e. The summed E-state index contributed by atoms with van der Waals surface area (Å²) in [7, 11) is 0. The lowest BCUT2D eigenvalue weighted by Gasteiger charge is -2.26. The van der Waals surface area contributed by atoms with Gasteiger partial charge in [0, 0.05) is 17.6 Å². The topological polar surface area (TPSA) is 41.1 Å². The SMILES string of the molecule is CCCNCc1ccc(NC(=O)C2(CC)CCCC2)cc1. The van der Waals surface area contributed by atoms with E-state index in [1.165, 1.54) is 18.4 Å². The first-order chi connectivity index (χ1) is 10.2. The molecule has 116 valence electrons. The molecule has 3 heteroatoms. The highest BCUT2D eigenvalue weighted by Gasteiger charge is 2.39. The summed E-state index contributed by atoms with van der Waals surface area (Å²) in [6.45, 7) is 6.23. The van der Waals surface area contributed by atoms with E-state index in [1.807, 2.05) is 12.1 Å². The van der Waals surface area contributed by atoms with Gasteiger partial charge in [-0.05, 0) is 49.9 Å². The Kier molecular flexibility index (Phi) is 5.80. The van der Waals surface area contributed by atoms with Crippen LogP contribution in [-0.4, -0.2) is 12.5 Å². The van der Waals surface area contributed by atoms with E-state index in [9.17, 15) is 4.79 Å². The molecule has 0 bridgehead atoms. The second kappa shape index (κ2) is 7.60. The highest BCUT2D eigenvalue weighted by Crippen LogP contribution is 2.41. The molecule has 0 heterocycles. The van der Waals surface area contributed by atoms with Gasteiger partial charge in [0.1, 0.15) is 0 Å². The number of amides is 1. The van der Waals surface area contributed by atoms with Crippen molar-refractivity contribution in [1.29, 1.82) is 0 Å². The molecule has 0 unspecified atom stereocenters. The molecule has 0 aliphatic heterocycles. The highest BCUT2D eigenvalue weighted by atomic mass is 16.2. The Labute approximate surface area is 128 Å².